The van der Waals surface area contributed by atoms with Crippen molar-refractivity contribution >= 4 is 29.1 Å². The van der Waals surface area contributed by atoms with Crippen LogP contribution in [0.1, 0.15) is 41.0 Å². The number of carbonyl (C=O) groups excluding carboxylic acids is 3. The van der Waals surface area contributed by atoms with Crippen molar-refractivity contribution in [1.29, 1.82) is 0 Å². The summed E-state index contributed by atoms with van der Waals surface area (Å²) in [6.07, 6.45) is 0.525. The topological polar surface area (TPSA) is 119 Å². The zero-order valence-electron chi connectivity index (χ0n) is 16.7. The predicted molar refractivity (Wildman–Crippen MR) is 108 cm³/mol. The van der Waals surface area contributed by atoms with Crippen molar-refractivity contribution in [1.82, 2.24) is 4.90 Å². The summed E-state index contributed by atoms with van der Waals surface area (Å²) >= 11 is 0. The highest BCUT2D eigenvalue weighted by Gasteiger charge is 2.44. The van der Waals surface area contributed by atoms with Gasteiger partial charge < -0.3 is 10.1 Å². The molecule has 0 spiro atoms. The number of carbonyl (C=O) groups is 3. The minimum atomic E-state index is -1.09. The lowest BCUT2D eigenvalue weighted by molar-refractivity contribution is -0.384. The second kappa shape index (κ2) is 8.32. The number of nitro groups is 1. The fraction of sp³-hybridized carbons (Fsp3) is 0.286. The van der Waals surface area contributed by atoms with Crippen LogP contribution in [-0.2, 0) is 4.79 Å². The summed E-state index contributed by atoms with van der Waals surface area (Å²) in [5, 5.41) is 13.7. The third kappa shape index (κ3) is 3.61. The number of nitrogens with one attached hydrogen (secondary N) is 1. The molecular formula is C21H21N3O6. The molecule has 0 aliphatic carbocycles. The van der Waals surface area contributed by atoms with Crippen LogP contribution < -0.4 is 10.1 Å². The lowest BCUT2D eigenvalue weighted by Crippen LogP contribution is -2.50. The lowest BCUT2D eigenvalue weighted by Gasteiger charge is -2.30. The molecule has 2 aromatic rings. The van der Waals surface area contributed by atoms with Crippen LogP contribution in [0.15, 0.2) is 42.5 Å². The number of nitro benzene ring substituents is 1. The minimum absolute atomic E-state index is 0.0848. The molecule has 2 aromatic carbocycles. The maximum Gasteiger partial charge on any atom is 0.271 e. The molecule has 2 atom stereocenters. The van der Waals surface area contributed by atoms with Crippen molar-refractivity contribution in [2.75, 3.05) is 12.4 Å². The van der Waals surface area contributed by atoms with Gasteiger partial charge in [0.05, 0.1) is 28.8 Å². The molecule has 0 bridgehead atoms. The number of ether oxygens (including phenoxy) is 1. The van der Waals surface area contributed by atoms with E-state index in [1.807, 2.05) is 6.92 Å². The number of amides is 3. The number of nitrogens with zero attached hydrogens (tertiary/aromatic N) is 2. The van der Waals surface area contributed by atoms with Gasteiger partial charge in [-0.15, -0.1) is 0 Å². The van der Waals surface area contributed by atoms with Gasteiger partial charge in [-0.05, 0) is 24.1 Å². The number of imide groups is 1. The zero-order valence-corrected chi connectivity index (χ0v) is 16.7. The molecule has 156 valence electrons. The summed E-state index contributed by atoms with van der Waals surface area (Å²) in [5.74, 6) is -1.84. The number of benzene rings is 2. The Kier molecular flexibility index (Phi) is 5.81. The number of methoxy groups -OCH3 is 1. The number of hydrogen-bond donors (Lipinski definition) is 1. The van der Waals surface area contributed by atoms with Crippen molar-refractivity contribution in [3.8, 4) is 5.75 Å². The summed E-state index contributed by atoms with van der Waals surface area (Å²) in [7, 11) is 1.37. The third-order valence-electron chi connectivity index (χ3n) is 5.21. The van der Waals surface area contributed by atoms with E-state index < -0.39 is 28.7 Å². The number of fused-ring (bicyclic) bond motifs is 1. The molecule has 3 amide bonds. The normalized spacial score (nSPS) is 14.8. The summed E-state index contributed by atoms with van der Waals surface area (Å²) in [5.41, 5.74) is 0.349. The molecule has 2 unspecified atom stereocenters. The summed E-state index contributed by atoms with van der Waals surface area (Å²) in [6, 6.07) is 9.10. The van der Waals surface area contributed by atoms with Gasteiger partial charge in [0.15, 0.2) is 0 Å². The van der Waals surface area contributed by atoms with Crippen molar-refractivity contribution in [2.24, 2.45) is 5.92 Å². The van der Waals surface area contributed by atoms with E-state index in [9.17, 15) is 24.5 Å². The van der Waals surface area contributed by atoms with Gasteiger partial charge in [0.2, 0.25) is 5.91 Å². The van der Waals surface area contributed by atoms with Gasteiger partial charge in [-0.25, -0.2) is 0 Å². The summed E-state index contributed by atoms with van der Waals surface area (Å²) < 4.78 is 5.18. The molecule has 0 saturated carbocycles. The number of anilines is 1. The quantitative estimate of drug-likeness (QED) is 0.424. The molecule has 1 N–H and O–H groups in total. The van der Waals surface area contributed by atoms with Crippen LogP contribution in [0, 0.1) is 16.0 Å². The smallest absolute Gasteiger partial charge is 0.271 e. The highest BCUT2D eigenvalue weighted by molar-refractivity contribution is 6.23. The standard InChI is InChI=1S/C21H21N3O6/c1-4-12(2)18(23-20(26)14-7-5-6-8-15(14)21(23)27)19(25)22-16-11-13(24(28)29)9-10-17(16)30-3/h5-12,18H,4H2,1-3H3,(H,22,25). The number of non-ortho nitro benzene ring substituents is 1. The van der Waals surface area contributed by atoms with Crippen molar-refractivity contribution in [3.05, 3.63) is 63.7 Å². The molecule has 1 aliphatic heterocycles. The largest absolute Gasteiger partial charge is 0.495 e. The Balaban J connectivity index is 1.97. The highest BCUT2D eigenvalue weighted by Crippen LogP contribution is 2.32. The maximum absolute atomic E-state index is 13.2. The molecule has 0 saturated heterocycles. The Morgan fingerprint density at radius 2 is 1.77 bits per heavy atom. The monoisotopic (exact) mass is 411 g/mol. The van der Waals surface area contributed by atoms with Crippen LogP contribution in [0.3, 0.4) is 0 Å². The minimum Gasteiger partial charge on any atom is -0.495 e. The molecule has 9 heteroatoms. The molecule has 0 fully saturated rings. The van der Waals surface area contributed by atoms with E-state index in [2.05, 4.69) is 5.32 Å². The molecule has 1 heterocycles. The average Bonchev–Trinajstić information content (AvgIpc) is 2.99. The lowest BCUT2D eigenvalue weighted by atomic mass is 9.96. The van der Waals surface area contributed by atoms with Gasteiger partial charge in [0.1, 0.15) is 11.8 Å². The van der Waals surface area contributed by atoms with Crippen molar-refractivity contribution < 1.29 is 24.0 Å². The van der Waals surface area contributed by atoms with E-state index >= 15 is 0 Å². The van der Waals surface area contributed by atoms with Gasteiger partial charge in [0.25, 0.3) is 17.5 Å². The van der Waals surface area contributed by atoms with E-state index in [0.717, 1.165) is 4.90 Å². The first kappa shape index (κ1) is 21.0. The maximum atomic E-state index is 13.2. The van der Waals surface area contributed by atoms with Gasteiger partial charge in [-0.3, -0.25) is 29.4 Å². The van der Waals surface area contributed by atoms with Gasteiger partial charge in [-0.1, -0.05) is 32.4 Å². The van der Waals surface area contributed by atoms with Crippen LogP contribution in [0.25, 0.3) is 0 Å². The van der Waals surface area contributed by atoms with Crippen molar-refractivity contribution in [2.45, 2.75) is 26.3 Å². The number of hydrogen-bond acceptors (Lipinski definition) is 6. The highest BCUT2D eigenvalue weighted by atomic mass is 16.6. The van der Waals surface area contributed by atoms with Crippen LogP contribution in [0.2, 0.25) is 0 Å². The van der Waals surface area contributed by atoms with Crippen molar-refractivity contribution in [3.63, 3.8) is 0 Å². The second-order valence-corrected chi connectivity index (χ2v) is 6.99. The second-order valence-electron chi connectivity index (χ2n) is 6.99. The molecular weight excluding hydrogens is 390 g/mol. The van der Waals surface area contributed by atoms with Crippen LogP contribution in [0.5, 0.6) is 5.75 Å². The zero-order chi connectivity index (χ0) is 22.0. The molecule has 1 aliphatic rings. The van der Waals surface area contributed by atoms with E-state index in [1.165, 1.54) is 25.3 Å². The van der Waals surface area contributed by atoms with Gasteiger partial charge in [0, 0.05) is 12.1 Å². The Hall–Kier alpha value is -3.75. The van der Waals surface area contributed by atoms with Crippen LogP contribution in [-0.4, -0.2) is 40.7 Å². The van der Waals surface area contributed by atoms with Crippen LogP contribution in [0.4, 0.5) is 11.4 Å². The first-order chi connectivity index (χ1) is 14.3. The van der Waals surface area contributed by atoms with Crippen LogP contribution >= 0.6 is 0 Å². The average molecular weight is 411 g/mol. The van der Waals surface area contributed by atoms with Gasteiger partial charge >= 0.3 is 0 Å². The fourth-order valence-corrected chi connectivity index (χ4v) is 3.43. The molecule has 0 radical (unpaired) electrons. The van der Waals surface area contributed by atoms with E-state index in [-0.39, 0.29) is 34.2 Å². The Morgan fingerprint density at radius 1 is 1.17 bits per heavy atom. The SMILES string of the molecule is CCC(C)C(C(=O)Nc1cc([N+](=O)[O-])ccc1OC)N1C(=O)c2ccccc2C1=O. The first-order valence-corrected chi connectivity index (χ1v) is 9.40. The summed E-state index contributed by atoms with van der Waals surface area (Å²) in [6.45, 7) is 3.61. The Morgan fingerprint density at radius 3 is 2.27 bits per heavy atom. The van der Waals surface area contributed by atoms with E-state index in [4.69, 9.17) is 4.74 Å². The predicted octanol–water partition coefficient (Wildman–Crippen LogP) is 3.25. The molecule has 30 heavy (non-hydrogen) atoms. The first-order valence-electron chi connectivity index (χ1n) is 9.40. The molecule has 0 aromatic heterocycles. The number of rotatable bonds is 7. The fourth-order valence-electron chi connectivity index (χ4n) is 3.43. The Bertz CT molecular complexity index is 1000. The van der Waals surface area contributed by atoms with Gasteiger partial charge in [-0.2, -0.15) is 0 Å². The third-order valence-corrected chi connectivity index (χ3v) is 5.21. The summed E-state index contributed by atoms with van der Waals surface area (Å²) in [4.78, 5) is 50.5. The van der Waals surface area contributed by atoms with E-state index in [0.29, 0.717) is 6.42 Å². The Labute approximate surface area is 172 Å². The molecule has 3 rings (SSSR count). The molecule has 9 nitrogen and oxygen atoms in total. The van der Waals surface area contributed by atoms with E-state index in [1.54, 1.807) is 31.2 Å².